The fraction of sp³-hybridized carbons (Fsp3) is 0.316. The lowest BCUT2D eigenvalue weighted by Gasteiger charge is -2.37. The highest BCUT2D eigenvalue weighted by Gasteiger charge is 2.33. The molecule has 134 valence electrons. The Morgan fingerprint density at radius 1 is 1.15 bits per heavy atom. The smallest absolute Gasteiger partial charge is 0.232 e. The average molecular weight is 352 g/mol. The molecule has 3 aromatic rings. The van der Waals surface area contributed by atoms with E-state index in [0.717, 1.165) is 42.3 Å². The van der Waals surface area contributed by atoms with Crippen LogP contribution in [0.15, 0.2) is 47.2 Å². The number of pyridine rings is 1. The van der Waals surface area contributed by atoms with Crippen LogP contribution in [0.3, 0.4) is 0 Å². The van der Waals surface area contributed by atoms with Crippen molar-refractivity contribution < 1.29 is 14.0 Å². The van der Waals surface area contributed by atoms with Gasteiger partial charge in [-0.25, -0.2) is 0 Å². The van der Waals surface area contributed by atoms with Crippen LogP contribution in [0.25, 0.3) is 11.4 Å². The number of hydrogen-bond donors (Lipinski definition) is 0. The average Bonchev–Trinajstić information content (AvgIpc) is 3.14. The summed E-state index contributed by atoms with van der Waals surface area (Å²) in [4.78, 5) is 10.9. The third-order valence-corrected chi connectivity index (χ3v) is 4.55. The topological polar surface area (TPSA) is 73.5 Å². The number of nitrogens with zero attached hydrogens (tertiary/aromatic N) is 4. The minimum atomic E-state index is 0.254. The van der Waals surface area contributed by atoms with Crippen LogP contribution in [-0.2, 0) is 6.54 Å². The van der Waals surface area contributed by atoms with Gasteiger partial charge in [-0.15, -0.1) is 0 Å². The van der Waals surface area contributed by atoms with E-state index in [-0.39, 0.29) is 5.92 Å². The Hall–Kier alpha value is -2.93. The number of ether oxygens (including phenoxy) is 2. The van der Waals surface area contributed by atoms with Gasteiger partial charge in [0, 0.05) is 43.2 Å². The zero-order chi connectivity index (χ0) is 17.9. The summed E-state index contributed by atoms with van der Waals surface area (Å²) in [6.45, 7) is 2.53. The second kappa shape index (κ2) is 7.13. The van der Waals surface area contributed by atoms with Crippen molar-refractivity contribution in [3.05, 3.63) is 54.2 Å². The molecule has 1 aliphatic rings. The highest BCUT2D eigenvalue weighted by molar-refractivity contribution is 5.52. The molecule has 2 aromatic heterocycles. The largest absolute Gasteiger partial charge is 0.493 e. The van der Waals surface area contributed by atoms with Crippen molar-refractivity contribution in [1.29, 1.82) is 0 Å². The minimum absolute atomic E-state index is 0.254. The van der Waals surface area contributed by atoms with E-state index in [1.54, 1.807) is 26.6 Å². The molecule has 0 bridgehead atoms. The number of aromatic nitrogens is 3. The zero-order valence-corrected chi connectivity index (χ0v) is 14.8. The lowest BCUT2D eigenvalue weighted by Crippen LogP contribution is -2.44. The molecule has 0 radical (unpaired) electrons. The van der Waals surface area contributed by atoms with Gasteiger partial charge in [-0.05, 0) is 18.2 Å². The molecule has 1 aliphatic heterocycles. The summed E-state index contributed by atoms with van der Waals surface area (Å²) in [5.74, 6) is 3.05. The van der Waals surface area contributed by atoms with Crippen LogP contribution in [0, 0.1) is 0 Å². The zero-order valence-electron chi connectivity index (χ0n) is 14.8. The molecule has 0 spiro atoms. The standard InChI is InChI=1S/C19H20N4O3/c1-24-16-7-3-5-14(17(16)25-2)10-23-11-15(12-23)19-21-18(22-26-19)13-6-4-8-20-9-13/h3-9,15H,10-12H2,1-2H3. The van der Waals surface area contributed by atoms with Crippen molar-refractivity contribution in [2.24, 2.45) is 0 Å². The van der Waals surface area contributed by atoms with Gasteiger partial charge in [0.15, 0.2) is 11.5 Å². The molecular weight excluding hydrogens is 332 g/mol. The summed E-state index contributed by atoms with van der Waals surface area (Å²) >= 11 is 0. The van der Waals surface area contributed by atoms with E-state index in [1.165, 1.54) is 0 Å². The van der Waals surface area contributed by atoms with Gasteiger partial charge in [-0.3, -0.25) is 9.88 Å². The summed E-state index contributed by atoms with van der Waals surface area (Å²) < 4.78 is 16.3. The quantitative estimate of drug-likeness (QED) is 0.675. The van der Waals surface area contributed by atoms with E-state index in [2.05, 4.69) is 26.1 Å². The maximum atomic E-state index is 5.50. The van der Waals surface area contributed by atoms with E-state index in [4.69, 9.17) is 14.0 Å². The van der Waals surface area contributed by atoms with Crippen molar-refractivity contribution in [2.75, 3.05) is 27.3 Å². The van der Waals surface area contributed by atoms with Crippen LogP contribution in [0.1, 0.15) is 17.4 Å². The molecule has 0 saturated carbocycles. The highest BCUT2D eigenvalue weighted by Crippen LogP contribution is 2.34. The van der Waals surface area contributed by atoms with Gasteiger partial charge in [0.05, 0.1) is 20.1 Å². The van der Waals surface area contributed by atoms with Crippen LogP contribution in [0.4, 0.5) is 0 Å². The normalized spacial score (nSPS) is 14.8. The maximum absolute atomic E-state index is 5.50. The fourth-order valence-electron chi connectivity index (χ4n) is 3.19. The van der Waals surface area contributed by atoms with Gasteiger partial charge in [-0.2, -0.15) is 4.98 Å². The first-order valence-corrected chi connectivity index (χ1v) is 8.44. The van der Waals surface area contributed by atoms with Gasteiger partial charge in [-0.1, -0.05) is 17.3 Å². The van der Waals surface area contributed by atoms with E-state index >= 15 is 0 Å². The fourth-order valence-corrected chi connectivity index (χ4v) is 3.19. The Morgan fingerprint density at radius 3 is 2.77 bits per heavy atom. The molecule has 0 aliphatic carbocycles. The number of para-hydroxylation sites is 1. The first-order chi connectivity index (χ1) is 12.8. The molecule has 3 heterocycles. The van der Waals surface area contributed by atoms with Crippen LogP contribution >= 0.6 is 0 Å². The number of hydrogen-bond acceptors (Lipinski definition) is 7. The summed E-state index contributed by atoms with van der Waals surface area (Å²) in [7, 11) is 3.31. The van der Waals surface area contributed by atoms with E-state index in [9.17, 15) is 0 Å². The van der Waals surface area contributed by atoms with Crippen molar-refractivity contribution in [3.63, 3.8) is 0 Å². The molecule has 7 nitrogen and oxygen atoms in total. The molecule has 1 aromatic carbocycles. The Labute approximate surface area is 151 Å². The summed E-state index contributed by atoms with van der Waals surface area (Å²) in [6, 6.07) is 9.72. The molecule has 26 heavy (non-hydrogen) atoms. The molecule has 7 heteroatoms. The summed E-state index contributed by atoms with van der Waals surface area (Å²) in [5, 5.41) is 4.07. The molecule has 0 N–H and O–H groups in total. The summed E-state index contributed by atoms with van der Waals surface area (Å²) in [5.41, 5.74) is 1.96. The van der Waals surface area contributed by atoms with E-state index < -0.39 is 0 Å². The second-order valence-corrected chi connectivity index (χ2v) is 6.24. The predicted molar refractivity (Wildman–Crippen MR) is 95.1 cm³/mol. The number of methoxy groups -OCH3 is 2. The van der Waals surface area contributed by atoms with Crippen LogP contribution < -0.4 is 9.47 Å². The number of benzene rings is 1. The molecule has 0 amide bonds. The minimum Gasteiger partial charge on any atom is -0.493 e. The Bertz CT molecular complexity index is 876. The van der Waals surface area contributed by atoms with Gasteiger partial charge in [0.2, 0.25) is 11.7 Å². The predicted octanol–water partition coefficient (Wildman–Crippen LogP) is 2.75. The lowest BCUT2D eigenvalue weighted by atomic mass is 9.99. The molecule has 1 fully saturated rings. The highest BCUT2D eigenvalue weighted by atomic mass is 16.5. The van der Waals surface area contributed by atoms with Crippen molar-refractivity contribution in [3.8, 4) is 22.9 Å². The van der Waals surface area contributed by atoms with Crippen LogP contribution in [0.2, 0.25) is 0 Å². The SMILES string of the molecule is COc1cccc(CN2CC(c3nc(-c4cccnc4)no3)C2)c1OC. The van der Waals surface area contributed by atoms with E-state index in [1.807, 2.05) is 24.3 Å². The third kappa shape index (κ3) is 3.13. The van der Waals surface area contributed by atoms with Crippen LogP contribution in [0.5, 0.6) is 11.5 Å². The van der Waals surface area contributed by atoms with Gasteiger partial charge >= 0.3 is 0 Å². The van der Waals surface area contributed by atoms with Gasteiger partial charge in [0.25, 0.3) is 0 Å². The molecule has 0 atom stereocenters. The van der Waals surface area contributed by atoms with Crippen LogP contribution in [-0.4, -0.2) is 47.3 Å². The molecule has 1 saturated heterocycles. The molecular formula is C19H20N4O3. The van der Waals surface area contributed by atoms with Gasteiger partial charge in [0.1, 0.15) is 0 Å². The Kier molecular flexibility index (Phi) is 4.53. The van der Waals surface area contributed by atoms with Crippen molar-refractivity contribution in [1.82, 2.24) is 20.0 Å². The summed E-state index contributed by atoms with van der Waals surface area (Å²) in [6.07, 6.45) is 3.46. The Balaban J connectivity index is 1.40. The van der Waals surface area contributed by atoms with Crippen molar-refractivity contribution >= 4 is 0 Å². The number of likely N-dealkylation sites (tertiary alicyclic amines) is 1. The first kappa shape index (κ1) is 16.5. The third-order valence-electron chi connectivity index (χ3n) is 4.55. The molecule has 4 rings (SSSR count). The van der Waals surface area contributed by atoms with Crippen molar-refractivity contribution in [2.45, 2.75) is 12.5 Å². The Morgan fingerprint density at radius 2 is 2.04 bits per heavy atom. The number of rotatable bonds is 6. The van der Waals surface area contributed by atoms with Gasteiger partial charge < -0.3 is 14.0 Å². The first-order valence-electron chi connectivity index (χ1n) is 8.44. The molecule has 0 unspecified atom stereocenters. The monoisotopic (exact) mass is 352 g/mol. The van der Waals surface area contributed by atoms with E-state index in [0.29, 0.717) is 11.7 Å². The lowest BCUT2D eigenvalue weighted by molar-refractivity contribution is 0.116. The maximum Gasteiger partial charge on any atom is 0.232 e. The second-order valence-electron chi connectivity index (χ2n) is 6.24.